The van der Waals surface area contributed by atoms with Gasteiger partial charge in [-0.1, -0.05) is 26.0 Å². The molecule has 32 heavy (non-hydrogen) atoms. The number of aromatic nitrogens is 1. The van der Waals surface area contributed by atoms with E-state index in [1.807, 2.05) is 18.2 Å². The predicted molar refractivity (Wildman–Crippen MR) is 117 cm³/mol. The highest BCUT2D eigenvalue weighted by Gasteiger charge is 2.50. The quantitative estimate of drug-likeness (QED) is 0.474. The number of aromatic amines is 1. The summed E-state index contributed by atoms with van der Waals surface area (Å²) in [6, 6.07) is 11.1. The second-order valence-corrected chi connectivity index (χ2v) is 9.67. The Balaban J connectivity index is 1.21. The molecule has 2 aliphatic rings. The van der Waals surface area contributed by atoms with Gasteiger partial charge in [0.15, 0.2) is 0 Å². The van der Waals surface area contributed by atoms with Gasteiger partial charge in [0, 0.05) is 23.0 Å². The number of anilines is 1. The number of hydrogen-bond acceptors (Lipinski definition) is 2. The van der Waals surface area contributed by atoms with Crippen LogP contribution in [0, 0.1) is 11.3 Å². The maximum absolute atomic E-state index is 12.7. The van der Waals surface area contributed by atoms with Crippen molar-refractivity contribution < 1.29 is 22.7 Å². The van der Waals surface area contributed by atoms with Crippen molar-refractivity contribution in [2.24, 2.45) is 11.3 Å². The Morgan fingerprint density at radius 2 is 1.81 bits per heavy atom. The predicted octanol–water partition coefficient (Wildman–Crippen LogP) is 6.50. The Morgan fingerprint density at radius 1 is 1.12 bits per heavy atom. The minimum absolute atomic E-state index is 0.0176. The van der Waals surface area contributed by atoms with E-state index in [2.05, 4.69) is 24.1 Å². The van der Waals surface area contributed by atoms with Gasteiger partial charge in [0.25, 0.3) is 0 Å². The van der Waals surface area contributed by atoms with Gasteiger partial charge < -0.3 is 15.0 Å². The highest BCUT2D eigenvalue weighted by atomic mass is 19.4. The smallest absolute Gasteiger partial charge is 0.416 e. The molecule has 4 nitrogen and oxygen atoms in total. The Hall–Kier alpha value is -2.96. The molecular formula is C25H25F3N2O2. The number of amides is 1. The number of benzene rings is 2. The topological polar surface area (TPSA) is 54.1 Å². The molecule has 3 aromatic rings. The first-order valence-electron chi connectivity index (χ1n) is 10.9. The Labute approximate surface area is 184 Å². The van der Waals surface area contributed by atoms with Crippen LogP contribution in [0.3, 0.4) is 0 Å². The van der Waals surface area contributed by atoms with Crippen molar-refractivity contribution in [1.82, 2.24) is 4.98 Å². The SMILES string of the molecule is CC1(C)CC1C(=O)Nc1c[nH]c2ccc(O[C@H]3C[C@@H](c4ccc(C(F)(F)F)cc4)C3)cc12. The molecule has 1 amide bonds. The van der Waals surface area contributed by atoms with Gasteiger partial charge in [-0.05, 0) is 66.5 Å². The van der Waals surface area contributed by atoms with E-state index < -0.39 is 11.7 Å². The van der Waals surface area contributed by atoms with E-state index in [0.717, 1.165) is 59.3 Å². The standard InChI is InChI=1S/C25H25F3N2O2/c1-24(2)12-20(24)23(31)30-22-13-29-21-8-7-17(11-19(21)22)32-18-9-15(10-18)14-3-5-16(6-4-14)25(26,27)28/h3-8,11,13,15,18,20,29H,9-10,12H2,1-2H3,(H,30,31)/t15-,18+,20?. The number of fused-ring (bicyclic) bond motifs is 1. The summed E-state index contributed by atoms with van der Waals surface area (Å²) in [6.45, 7) is 4.18. The number of nitrogens with one attached hydrogen (secondary N) is 2. The molecule has 0 radical (unpaired) electrons. The average molecular weight is 442 g/mol. The molecular weight excluding hydrogens is 417 g/mol. The average Bonchev–Trinajstić information content (AvgIpc) is 3.18. The van der Waals surface area contributed by atoms with Crippen LogP contribution in [0.4, 0.5) is 18.9 Å². The third-order valence-electron chi connectivity index (χ3n) is 6.85. The highest BCUT2D eigenvalue weighted by molar-refractivity contribution is 6.03. The monoisotopic (exact) mass is 442 g/mol. The molecule has 1 unspecified atom stereocenters. The van der Waals surface area contributed by atoms with Crippen LogP contribution < -0.4 is 10.1 Å². The number of H-pyrrole nitrogens is 1. The lowest BCUT2D eigenvalue weighted by Gasteiger charge is -2.35. The zero-order chi connectivity index (χ0) is 22.7. The molecule has 7 heteroatoms. The third kappa shape index (κ3) is 3.96. The molecule has 0 bridgehead atoms. The van der Waals surface area contributed by atoms with E-state index in [9.17, 15) is 18.0 Å². The molecule has 1 atom stereocenters. The maximum Gasteiger partial charge on any atom is 0.416 e. The van der Waals surface area contributed by atoms with Gasteiger partial charge in [-0.2, -0.15) is 13.2 Å². The Morgan fingerprint density at radius 3 is 2.44 bits per heavy atom. The highest BCUT2D eigenvalue weighted by Crippen LogP contribution is 2.52. The summed E-state index contributed by atoms with van der Waals surface area (Å²) in [4.78, 5) is 15.7. The minimum Gasteiger partial charge on any atom is -0.490 e. The van der Waals surface area contributed by atoms with Crippen molar-refractivity contribution in [2.75, 3.05) is 5.32 Å². The van der Waals surface area contributed by atoms with Crippen LogP contribution in [0.5, 0.6) is 5.75 Å². The van der Waals surface area contributed by atoms with Crippen LogP contribution in [0.15, 0.2) is 48.7 Å². The summed E-state index contributed by atoms with van der Waals surface area (Å²) in [5.74, 6) is 1.01. The first-order chi connectivity index (χ1) is 15.1. The molecule has 2 N–H and O–H groups in total. The number of halogens is 3. The molecule has 0 spiro atoms. The van der Waals surface area contributed by atoms with Crippen LogP contribution in [-0.4, -0.2) is 17.0 Å². The number of ether oxygens (including phenoxy) is 1. The van der Waals surface area contributed by atoms with Gasteiger partial charge in [0.2, 0.25) is 5.91 Å². The molecule has 2 fully saturated rings. The van der Waals surface area contributed by atoms with E-state index in [1.165, 1.54) is 0 Å². The zero-order valence-electron chi connectivity index (χ0n) is 17.9. The molecule has 0 aliphatic heterocycles. The van der Waals surface area contributed by atoms with Crippen LogP contribution in [0.1, 0.15) is 50.2 Å². The summed E-state index contributed by atoms with van der Waals surface area (Å²) < 4.78 is 44.3. The fourth-order valence-corrected chi connectivity index (χ4v) is 4.48. The third-order valence-corrected chi connectivity index (χ3v) is 6.85. The molecule has 0 saturated heterocycles. The largest absolute Gasteiger partial charge is 0.490 e. The van der Waals surface area contributed by atoms with Crippen molar-refractivity contribution in [3.8, 4) is 5.75 Å². The van der Waals surface area contributed by atoms with Crippen LogP contribution >= 0.6 is 0 Å². The van der Waals surface area contributed by atoms with Gasteiger partial charge in [-0.25, -0.2) is 0 Å². The van der Waals surface area contributed by atoms with Gasteiger partial charge in [-0.3, -0.25) is 4.79 Å². The minimum atomic E-state index is -4.31. The summed E-state index contributed by atoms with van der Waals surface area (Å²) in [7, 11) is 0. The van der Waals surface area contributed by atoms with Gasteiger partial charge in [0.1, 0.15) is 5.75 Å². The van der Waals surface area contributed by atoms with E-state index in [0.29, 0.717) is 0 Å². The number of carbonyl (C=O) groups excluding carboxylic acids is 1. The number of hydrogen-bond donors (Lipinski definition) is 2. The first kappa shape index (κ1) is 20.9. The fourth-order valence-electron chi connectivity index (χ4n) is 4.48. The summed E-state index contributed by atoms with van der Waals surface area (Å²) in [6.07, 6.45) is -0.0750. The summed E-state index contributed by atoms with van der Waals surface area (Å²) in [5, 5.41) is 3.93. The lowest BCUT2D eigenvalue weighted by atomic mass is 9.77. The molecule has 2 aromatic carbocycles. The normalized spacial score (nSPS) is 24.1. The lowest BCUT2D eigenvalue weighted by Crippen LogP contribution is -2.32. The van der Waals surface area contributed by atoms with Gasteiger partial charge >= 0.3 is 6.18 Å². The van der Waals surface area contributed by atoms with Gasteiger partial charge in [-0.15, -0.1) is 0 Å². The van der Waals surface area contributed by atoms with Crippen molar-refractivity contribution in [3.05, 3.63) is 59.8 Å². The van der Waals surface area contributed by atoms with Crippen LogP contribution in [0.25, 0.3) is 10.9 Å². The molecule has 1 heterocycles. The number of alkyl halides is 3. The molecule has 168 valence electrons. The van der Waals surface area contributed by atoms with Crippen molar-refractivity contribution in [1.29, 1.82) is 0 Å². The van der Waals surface area contributed by atoms with Crippen LogP contribution in [0.2, 0.25) is 0 Å². The van der Waals surface area contributed by atoms with E-state index in [4.69, 9.17) is 4.74 Å². The van der Waals surface area contributed by atoms with Crippen molar-refractivity contribution in [3.63, 3.8) is 0 Å². The van der Waals surface area contributed by atoms with Crippen molar-refractivity contribution >= 4 is 22.5 Å². The number of carbonyl (C=O) groups is 1. The van der Waals surface area contributed by atoms with E-state index in [-0.39, 0.29) is 29.3 Å². The number of rotatable bonds is 5. The van der Waals surface area contributed by atoms with Gasteiger partial charge in [0.05, 0.1) is 17.4 Å². The zero-order valence-corrected chi connectivity index (χ0v) is 17.9. The van der Waals surface area contributed by atoms with Crippen molar-refractivity contribution in [2.45, 2.75) is 51.3 Å². The summed E-state index contributed by atoms with van der Waals surface area (Å²) >= 11 is 0. The maximum atomic E-state index is 12.7. The Bertz CT molecular complexity index is 1160. The first-order valence-corrected chi connectivity index (χ1v) is 10.9. The second-order valence-electron chi connectivity index (χ2n) is 9.67. The van der Waals surface area contributed by atoms with E-state index >= 15 is 0 Å². The molecule has 1 aromatic heterocycles. The molecule has 2 saturated carbocycles. The summed E-state index contributed by atoms with van der Waals surface area (Å²) in [5.41, 5.74) is 2.01. The Kier molecular flexibility index (Phi) is 4.76. The lowest BCUT2D eigenvalue weighted by molar-refractivity contribution is -0.137. The van der Waals surface area contributed by atoms with Crippen LogP contribution in [-0.2, 0) is 11.0 Å². The fraction of sp³-hybridized carbons (Fsp3) is 0.400. The molecule has 5 rings (SSSR count). The second kappa shape index (κ2) is 7.29. The molecule has 2 aliphatic carbocycles. The van der Waals surface area contributed by atoms with E-state index in [1.54, 1.807) is 18.3 Å².